The highest BCUT2D eigenvalue weighted by molar-refractivity contribution is 9.10. The first kappa shape index (κ1) is 15.5. The van der Waals surface area contributed by atoms with Crippen molar-refractivity contribution in [2.75, 3.05) is 25.1 Å². The van der Waals surface area contributed by atoms with E-state index >= 15 is 0 Å². The predicted molar refractivity (Wildman–Crippen MR) is 71.0 cm³/mol. The van der Waals surface area contributed by atoms with Crippen LogP contribution in [0.1, 0.15) is 10.4 Å². The Hall–Kier alpha value is -0.530. The fourth-order valence-corrected chi connectivity index (χ4v) is 1.87. The molecular formula is C11H11Br2F2NO2. The third-order valence-corrected chi connectivity index (χ3v) is 2.77. The third kappa shape index (κ3) is 4.62. The van der Waals surface area contributed by atoms with Crippen molar-refractivity contribution < 1.29 is 18.3 Å². The fraction of sp³-hybridized carbons (Fsp3) is 0.364. The van der Waals surface area contributed by atoms with E-state index in [-0.39, 0.29) is 17.6 Å². The lowest BCUT2D eigenvalue weighted by molar-refractivity contribution is 0.0916. The maximum atomic E-state index is 13.4. The number of amides is 1. The number of ether oxygens (including phenoxy) is 1. The topological polar surface area (TPSA) is 38.3 Å². The van der Waals surface area contributed by atoms with Crippen molar-refractivity contribution in [3.63, 3.8) is 0 Å². The number of hydrogen-bond donors (Lipinski definition) is 1. The second-order valence-electron chi connectivity index (χ2n) is 3.30. The van der Waals surface area contributed by atoms with Crippen molar-refractivity contribution in [3.8, 4) is 0 Å². The van der Waals surface area contributed by atoms with Gasteiger partial charge in [0, 0.05) is 16.3 Å². The number of benzene rings is 1. The zero-order valence-electron chi connectivity index (χ0n) is 9.31. The van der Waals surface area contributed by atoms with Crippen LogP contribution in [-0.4, -0.2) is 31.0 Å². The molecule has 0 fully saturated rings. The van der Waals surface area contributed by atoms with E-state index in [1.807, 2.05) is 0 Å². The van der Waals surface area contributed by atoms with E-state index < -0.39 is 23.1 Å². The van der Waals surface area contributed by atoms with Crippen LogP contribution in [0.15, 0.2) is 16.6 Å². The normalized spacial score (nSPS) is 10.4. The summed E-state index contributed by atoms with van der Waals surface area (Å²) in [6, 6.07) is 2.08. The smallest absolute Gasteiger partial charge is 0.257 e. The molecule has 1 aromatic rings. The van der Waals surface area contributed by atoms with Crippen LogP contribution in [0.3, 0.4) is 0 Å². The molecule has 1 amide bonds. The van der Waals surface area contributed by atoms with Gasteiger partial charge in [-0.1, -0.05) is 31.9 Å². The van der Waals surface area contributed by atoms with Crippen LogP contribution < -0.4 is 5.32 Å². The highest BCUT2D eigenvalue weighted by Gasteiger charge is 2.17. The van der Waals surface area contributed by atoms with E-state index in [2.05, 4.69) is 37.2 Å². The number of alkyl halides is 1. The molecule has 0 atom stereocenters. The summed E-state index contributed by atoms with van der Waals surface area (Å²) >= 11 is 6.12. The molecule has 7 heteroatoms. The summed E-state index contributed by atoms with van der Waals surface area (Å²) in [6.45, 7) is 0.995. The number of halogens is 4. The first-order valence-electron chi connectivity index (χ1n) is 5.12. The van der Waals surface area contributed by atoms with Gasteiger partial charge in [0.15, 0.2) is 0 Å². The van der Waals surface area contributed by atoms with E-state index in [1.165, 1.54) is 0 Å². The minimum absolute atomic E-state index is 0.195. The maximum Gasteiger partial charge on any atom is 0.257 e. The molecule has 100 valence electrons. The second-order valence-corrected chi connectivity index (χ2v) is 5.01. The van der Waals surface area contributed by atoms with Gasteiger partial charge in [0.2, 0.25) is 0 Å². The predicted octanol–water partition coefficient (Wildman–Crippen LogP) is 2.87. The van der Waals surface area contributed by atoms with Crippen LogP contribution in [0.5, 0.6) is 0 Å². The lowest BCUT2D eigenvalue weighted by Gasteiger charge is -2.07. The maximum absolute atomic E-state index is 13.4. The second kappa shape index (κ2) is 7.81. The zero-order valence-corrected chi connectivity index (χ0v) is 12.5. The molecule has 0 aromatic heterocycles. The Morgan fingerprint density at radius 2 is 1.89 bits per heavy atom. The van der Waals surface area contributed by atoms with Crippen molar-refractivity contribution in [1.29, 1.82) is 0 Å². The number of carbonyl (C=O) groups excluding carboxylic acids is 1. The first-order chi connectivity index (χ1) is 8.56. The zero-order chi connectivity index (χ0) is 13.5. The SMILES string of the molecule is O=C(NCCOCCBr)c1c(F)cc(Br)cc1F. The highest BCUT2D eigenvalue weighted by Crippen LogP contribution is 2.19. The van der Waals surface area contributed by atoms with Crippen LogP contribution in [0.2, 0.25) is 0 Å². The largest absolute Gasteiger partial charge is 0.379 e. The minimum atomic E-state index is -0.902. The monoisotopic (exact) mass is 385 g/mol. The lowest BCUT2D eigenvalue weighted by Crippen LogP contribution is -2.29. The number of carbonyl (C=O) groups is 1. The van der Waals surface area contributed by atoms with E-state index in [0.29, 0.717) is 11.9 Å². The molecule has 0 aliphatic carbocycles. The number of hydrogen-bond acceptors (Lipinski definition) is 2. The number of rotatable bonds is 6. The standard InChI is InChI=1S/C11H11Br2F2NO2/c12-1-3-18-4-2-16-11(17)10-8(14)5-7(13)6-9(10)15/h5-6H,1-4H2,(H,16,17). The van der Waals surface area contributed by atoms with E-state index in [0.717, 1.165) is 12.1 Å². The quantitative estimate of drug-likeness (QED) is 0.603. The summed E-state index contributed by atoms with van der Waals surface area (Å²) in [7, 11) is 0. The van der Waals surface area contributed by atoms with E-state index in [9.17, 15) is 13.6 Å². The van der Waals surface area contributed by atoms with Gasteiger partial charge in [-0.3, -0.25) is 4.79 Å². The van der Waals surface area contributed by atoms with Crippen LogP contribution in [0, 0.1) is 11.6 Å². The summed E-state index contributed by atoms with van der Waals surface area (Å²) in [4.78, 5) is 11.6. The van der Waals surface area contributed by atoms with Crippen molar-refractivity contribution in [3.05, 3.63) is 33.8 Å². The molecular weight excluding hydrogens is 376 g/mol. The molecule has 0 saturated carbocycles. The Morgan fingerprint density at radius 3 is 2.44 bits per heavy atom. The molecule has 1 aromatic carbocycles. The Labute approximate surface area is 120 Å². The van der Waals surface area contributed by atoms with Crippen LogP contribution in [0.25, 0.3) is 0 Å². The summed E-state index contributed by atoms with van der Waals surface area (Å²) in [5.74, 6) is -2.60. The average molecular weight is 387 g/mol. The fourth-order valence-electron chi connectivity index (χ4n) is 1.24. The molecule has 0 aliphatic heterocycles. The molecule has 0 bridgehead atoms. The number of nitrogens with one attached hydrogen (secondary N) is 1. The van der Waals surface area contributed by atoms with Crippen molar-refractivity contribution in [1.82, 2.24) is 5.32 Å². The molecule has 0 saturated heterocycles. The Kier molecular flexibility index (Phi) is 6.73. The molecule has 0 unspecified atom stereocenters. The Balaban J connectivity index is 2.57. The van der Waals surface area contributed by atoms with Gasteiger partial charge in [-0.05, 0) is 12.1 Å². The highest BCUT2D eigenvalue weighted by atomic mass is 79.9. The van der Waals surface area contributed by atoms with Crippen LogP contribution >= 0.6 is 31.9 Å². The van der Waals surface area contributed by atoms with Gasteiger partial charge in [-0.15, -0.1) is 0 Å². The van der Waals surface area contributed by atoms with E-state index in [1.54, 1.807) is 0 Å². The first-order valence-corrected chi connectivity index (χ1v) is 7.04. The molecule has 1 rings (SSSR count). The average Bonchev–Trinajstić information content (AvgIpc) is 2.27. The lowest BCUT2D eigenvalue weighted by atomic mass is 10.2. The van der Waals surface area contributed by atoms with Gasteiger partial charge >= 0.3 is 0 Å². The van der Waals surface area contributed by atoms with Crippen LogP contribution in [-0.2, 0) is 4.74 Å². The van der Waals surface area contributed by atoms with Gasteiger partial charge in [-0.2, -0.15) is 0 Å². The summed E-state index contributed by atoms with van der Waals surface area (Å²) in [5.41, 5.74) is -0.585. The Morgan fingerprint density at radius 1 is 1.28 bits per heavy atom. The Bertz CT molecular complexity index is 406. The van der Waals surface area contributed by atoms with Gasteiger partial charge in [0.25, 0.3) is 5.91 Å². The molecule has 0 aliphatic rings. The van der Waals surface area contributed by atoms with Gasteiger partial charge in [0.1, 0.15) is 17.2 Å². The molecule has 0 radical (unpaired) electrons. The summed E-state index contributed by atoms with van der Waals surface area (Å²) in [5, 5.41) is 3.08. The van der Waals surface area contributed by atoms with Gasteiger partial charge in [0.05, 0.1) is 13.2 Å². The minimum Gasteiger partial charge on any atom is -0.379 e. The van der Waals surface area contributed by atoms with Gasteiger partial charge in [-0.25, -0.2) is 8.78 Å². The molecule has 18 heavy (non-hydrogen) atoms. The van der Waals surface area contributed by atoms with Crippen molar-refractivity contribution >= 4 is 37.8 Å². The van der Waals surface area contributed by atoms with Crippen molar-refractivity contribution in [2.24, 2.45) is 0 Å². The van der Waals surface area contributed by atoms with Crippen LogP contribution in [0.4, 0.5) is 8.78 Å². The molecule has 0 spiro atoms. The van der Waals surface area contributed by atoms with Crippen molar-refractivity contribution in [2.45, 2.75) is 0 Å². The molecule has 1 N–H and O–H groups in total. The third-order valence-electron chi connectivity index (χ3n) is 1.99. The van der Waals surface area contributed by atoms with Gasteiger partial charge < -0.3 is 10.1 Å². The van der Waals surface area contributed by atoms with E-state index in [4.69, 9.17) is 4.74 Å². The molecule has 0 heterocycles. The molecule has 3 nitrogen and oxygen atoms in total. The summed E-state index contributed by atoms with van der Waals surface area (Å²) < 4.78 is 32.2. The summed E-state index contributed by atoms with van der Waals surface area (Å²) in [6.07, 6.45) is 0.